The molecule has 1 aliphatic heterocycles. The van der Waals surface area contributed by atoms with Crippen LogP contribution in [0.25, 0.3) is 0 Å². The first-order chi connectivity index (χ1) is 11.3. The van der Waals surface area contributed by atoms with Gasteiger partial charge >= 0.3 is 0 Å². The van der Waals surface area contributed by atoms with Crippen LogP contribution < -0.4 is 10.6 Å². The predicted molar refractivity (Wildman–Crippen MR) is 91.8 cm³/mol. The number of carbonyl (C=O) groups is 2. The van der Waals surface area contributed by atoms with Gasteiger partial charge in [-0.15, -0.1) is 5.10 Å². The fourth-order valence-electron chi connectivity index (χ4n) is 3.04. The van der Waals surface area contributed by atoms with Gasteiger partial charge in [-0.25, -0.2) is 4.68 Å². The zero-order valence-electron chi connectivity index (χ0n) is 15.2. The van der Waals surface area contributed by atoms with Crippen molar-refractivity contribution in [1.82, 2.24) is 25.6 Å². The highest BCUT2D eigenvalue weighted by molar-refractivity contribution is 5.91. The lowest BCUT2D eigenvalue weighted by molar-refractivity contribution is -0.126. The number of Topliss-reactive ketones (excluding diaryl/α,β-unsaturated/α-hetero) is 2. The standard InChI is InChI=1S/C17H29N5O2/c1-13(23)16(2)9-7-14-11-20-21-22(14)10-6-5-8-17(3,18-4)15(24)12-19-16/h11,18-19H,5-10,12H2,1-4H3/t16-,17-/m0/s1. The van der Waals surface area contributed by atoms with E-state index in [1.165, 1.54) is 0 Å². The lowest BCUT2D eigenvalue weighted by atomic mass is 9.87. The van der Waals surface area contributed by atoms with Gasteiger partial charge in [-0.2, -0.15) is 0 Å². The summed E-state index contributed by atoms with van der Waals surface area (Å²) < 4.78 is 1.91. The van der Waals surface area contributed by atoms with Crippen molar-refractivity contribution in [2.75, 3.05) is 13.6 Å². The molecule has 1 aliphatic rings. The van der Waals surface area contributed by atoms with Crippen LogP contribution in [0.15, 0.2) is 6.20 Å². The monoisotopic (exact) mass is 335 g/mol. The first kappa shape index (κ1) is 18.7. The average molecular weight is 335 g/mol. The molecule has 0 fully saturated rings. The van der Waals surface area contributed by atoms with E-state index in [1.54, 1.807) is 13.1 Å². The summed E-state index contributed by atoms with van der Waals surface area (Å²) in [6.07, 6.45) is 5.70. The zero-order valence-corrected chi connectivity index (χ0v) is 15.2. The highest BCUT2D eigenvalue weighted by Crippen LogP contribution is 2.20. The van der Waals surface area contributed by atoms with Gasteiger partial charge in [0.25, 0.3) is 0 Å². The second-order valence-electron chi connectivity index (χ2n) is 7.15. The summed E-state index contributed by atoms with van der Waals surface area (Å²) in [6.45, 7) is 6.34. The van der Waals surface area contributed by atoms with E-state index in [9.17, 15) is 9.59 Å². The third-order valence-corrected chi connectivity index (χ3v) is 5.46. The minimum atomic E-state index is -0.729. The number of aromatic nitrogens is 3. The number of ketones is 2. The molecule has 2 heterocycles. The fraction of sp³-hybridized carbons (Fsp3) is 0.765. The van der Waals surface area contributed by atoms with E-state index >= 15 is 0 Å². The molecule has 0 aromatic carbocycles. The van der Waals surface area contributed by atoms with Gasteiger partial charge in [0.1, 0.15) is 5.78 Å². The summed E-state index contributed by atoms with van der Waals surface area (Å²) in [6, 6.07) is 0. The molecule has 0 aliphatic carbocycles. The number of nitrogens with zero attached hydrogens (tertiary/aromatic N) is 3. The lowest BCUT2D eigenvalue weighted by Gasteiger charge is -2.32. The van der Waals surface area contributed by atoms with Gasteiger partial charge in [0.15, 0.2) is 5.78 Å². The van der Waals surface area contributed by atoms with Crippen molar-refractivity contribution in [3.05, 3.63) is 11.9 Å². The molecule has 7 nitrogen and oxygen atoms in total. The van der Waals surface area contributed by atoms with Gasteiger partial charge in [-0.05, 0) is 59.9 Å². The lowest BCUT2D eigenvalue weighted by Crippen LogP contribution is -2.56. The maximum absolute atomic E-state index is 12.7. The highest BCUT2D eigenvalue weighted by atomic mass is 16.1. The van der Waals surface area contributed by atoms with Crippen molar-refractivity contribution in [3.63, 3.8) is 0 Å². The van der Waals surface area contributed by atoms with Crippen molar-refractivity contribution >= 4 is 11.6 Å². The number of fused-ring (bicyclic) bond motifs is 1. The third-order valence-electron chi connectivity index (χ3n) is 5.46. The Morgan fingerprint density at radius 2 is 2.08 bits per heavy atom. The number of hydrogen-bond acceptors (Lipinski definition) is 6. The Bertz CT molecular complexity index is 600. The van der Waals surface area contributed by atoms with Gasteiger partial charge in [0, 0.05) is 6.54 Å². The zero-order chi connectivity index (χ0) is 17.8. The minimum absolute atomic E-state index is 0.0374. The highest BCUT2D eigenvalue weighted by Gasteiger charge is 2.35. The normalized spacial score (nSPS) is 29.9. The van der Waals surface area contributed by atoms with Crippen LogP contribution in [0, 0.1) is 0 Å². The van der Waals surface area contributed by atoms with Gasteiger partial charge in [0.05, 0.1) is 29.5 Å². The van der Waals surface area contributed by atoms with Crippen LogP contribution in [0.5, 0.6) is 0 Å². The second-order valence-corrected chi connectivity index (χ2v) is 7.15. The molecule has 2 N–H and O–H groups in total. The molecule has 0 radical (unpaired) electrons. The molecule has 0 unspecified atom stereocenters. The average Bonchev–Trinajstić information content (AvgIpc) is 3.01. The number of aryl methyl sites for hydroxylation is 2. The molecule has 7 heteroatoms. The Balaban J connectivity index is 2.25. The SMILES string of the molecule is CN[C@@]1(C)CCCCn2nncc2CC[C@@](C)(C(C)=O)NCC1=O. The Morgan fingerprint density at radius 1 is 1.33 bits per heavy atom. The largest absolute Gasteiger partial charge is 0.308 e. The summed E-state index contributed by atoms with van der Waals surface area (Å²) in [7, 11) is 1.82. The summed E-state index contributed by atoms with van der Waals surface area (Å²) in [4.78, 5) is 24.8. The molecule has 24 heavy (non-hydrogen) atoms. The summed E-state index contributed by atoms with van der Waals surface area (Å²) in [5.74, 6) is 0.131. The summed E-state index contributed by atoms with van der Waals surface area (Å²) in [5.41, 5.74) is -0.275. The minimum Gasteiger partial charge on any atom is -0.308 e. The number of hydrogen-bond donors (Lipinski definition) is 2. The third kappa shape index (κ3) is 4.08. The first-order valence-corrected chi connectivity index (χ1v) is 8.66. The fourth-order valence-corrected chi connectivity index (χ4v) is 3.04. The van der Waals surface area contributed by atoms with Gasteiger partial charge in [0.2, 0.25) is 0 Å². The van der Waals surface area contributed by atoms with Crippen LogP contribution >= 0.6 is 0 Å². The maximum Gasteiger partial charge on any atom is 0.166 e. The molecule has 0 spiro atoms. The number of nitrogens with one attached hydrogen (secondary N) is 2. The van der Waals surface area contributed by atoms with Gasteiger partial charge < -0.3 is 5.32 Å². The van der Waals surface area contributed by atoms with E-state index in [0.717, 1.165) is 31.5 Å². The molecule has 1 aromatic heterocycles. The van der Waals surface area contributed by atoms with Crippen LogP contribution in [-0.2, 0) is 22.6 Å². The van der Waals surface area contributed by atoms with Crippen LogP contribution in [0.4, 0.5) is 0 Å². The smallest absolute Gasteiger partial charge is 0.166 e. The van der Waals surface area contributed by atoms with E-state index in [-0.39, 0.29) is 18.1 Å². The van der Waals surface area contributed by atoms with Crippen molar-refractivity contribution in [3.8, 4) is 0 Å². The Hall–Kier alpha value is -1.60. The van der Waals surface area contributed by atoms with Gasteiger partial charge in [-0.1, -0.05) is 5.21 Å². The van der Waals surface area contributed by atoms with Crippen LogP contribution in [0.1, 0.15) is 52.1 Å². The number of rotatable bonds is 2. The van der Waals surface area contributed by atoms with Crippen LogP contribution in [0.3, 0.4) is 0 Å². The van der Waals surface area contributed by atoms with E-state index in [0.29, 0.717) is 12.8 Å². The Kier molecular flexibility index (Phi) is 5.87. The van der Waals surface area contributed by atoms with E-state index in [4.69, 9.17) is 0 Å². The maximum atomic E-state index is 12.7. The van der Waals surface area contributed by atoms with Crippen molar-refractivity contribution in [2.45, 2.75) is 70.5 Å². The van der Waals surface area contributed by atoms with Crippen LogP contribution in [0.2, 0.25) is 0 Å². The molecule has 1 aromatic rings. The number of carbonyl (C=O) groups excluding carboxylic acids is 2. The molecule has 2 atom stereocenters. The molecular weight excluding hydrogens is 306 g/mol. The van der Waals surface area contributed by atoms with E-state index in [2.05, 4.69) is 20.9 Å². The molecular formula is C17H29N5O2. The summed E-state index contributed by atoms with van der Waals surface area (Å²) in [5, 5.41) is 14.5. The first-order valence-electron chi connectivity index (χ1n) is 8.66. The topological polar surface area (TPSA) is 88.9 Å². The molecule has 2 rings (SSSR count). The van der Waals surface area contributed by atoms with E-state index < -0.39 is 11.1 Å². The second kappa shape index (κ2) is 7.53. The number of likely N-dealkylation sites (N-methyl/N-ethyl adjacent to an activating group) is 1. The van der Waals surface area contributed by atoms with Gasteiger partial charge in [-0.3, -0.25) is 14.9 Å². The van der Waals surface area contributed by atoms with Crippen molar-refractivity contribution < 1.29 is 9.59 Å². The van der Waals surface area contributed by atoms with Crippen molar-refractivity contribution in [2.24, 2.45) is 0 Å². The Labute approximate surface area is 143 Å². The predicted octanol–water partition coefficient (Wildman–Crippen LogP) is 0.879. The van der Waals surface area contributed by atoms with E-state index in [1.807, 2.05) is 25.6 Å². The molecule has 0 saturated heterocycles. The molecule has 134 valence electrons. The van der Waals surface area contributed by atoms with Crippen molar-refractivity contribution in [1.29, 1.82) is 0 Å². The molecule has 0 saturated carbocycles. The Morgan fingerprint density at radius 3 is 2.75 bits per heavy atom. The molecule has 0 bridgehead atoms. The molecule has 0 amide bonds. The summed E-state index contributed by atoms with van der Waals surface area (Å²) >= 11 is 0. The quantitative estimate of drug-likeness (QED) is 0.834. The van der Waals surface area contributed by atoms with Crippen LogP contribution in [-0.4, -0.2) is 51.2 Å².